The second kappa shape index (κ2) is 4.24. The van der Waals surface area contributed by atoms with E-state index in [0.717, 1.165) is 11.4 Å². The lowest BCUT2D eigenvalue weighted by Crippen LogP contribution is -2.14. The van der Waals surface area contributed by atoms with Gasteiger partial charge in [-0.05, 0) is 17.7 Å². The maximum atomic E-state index is 12.8. The molecule has 0 fully saturated rings. The summed E-state index contributed by atoms with van der Waals surface area (Å²) in [6.45, 7) is 0. The minimum Gasteiger partial charge on any atom is -0.320 e. The van der Waals surface area contributed by atoms with Gasteiger partial charge in [0, 0.05) is 5.37 Å². The lowest BCUT2D eigenvalue weighted by Gasteiger charge is -2.11. The lowest BCUT2D eigenvalue weighted by molar-refractivity contribution is -0.140. The van der Waals surface area contributed by atoms with Gasteiger partial charge in [0.05, 0.1) is 11.6 Å². The largest absolute Gasteiger partial charge is 0.419 e. The standard InChI is InChI=1S/C9H7F4NS/c10-7-2-1-5(8(14)4-15)3-6(7)9(11,12)13/h1-4,8H,14H2. The van der Waals surface area contributed by atoms with E-state index in [4.69, 9.17) is 5.73 Å². The molecule has 0 saturated carbocycles. The molecule has 1 aromatic rings. The first kappa shape index (κ1) is 12.1. The topological polar surface area (TPSA) is 26.0 Å². The summed E-state index contributed by atoms with van der Waals surface area (Å²) in [5.41, 5.74) is 4.22. The number of hydrogen-bond acceptors (Lipinski definition) is 2. The first-order valence-corrected chi connectivity index (χ1v) is 4.41. The van der Waals surface area contributed by atoms with Crippen LogP contribution in [0.5, 0.6) is 0 Å². The molecule has 0 amide bonds. The number of halogens is 4. The quantitative estimate of drug-likeness (QED) is 0.632. The number of alkyl halides is 3. The van der Waals surface area contributed by atoms with Crippen LogP contribution in [0.3, 0.4) is 0 Å². The molecule has 0 bridgehead atoms. The van der Waals surface area contributed by atoms with Gasteiger partial charge in [-0.25, -0.2) is 4.39 Å². The average molecular weight is 237 g/mol. The average Bonchev–Trinajstić information content (AvgIpc) is 2.15. The normalized spacial score (nSPS) is 13.7. The summed E-state index contributed by atoms with van der Waals surface area (Å²) < 4.78 is 49.7. The molecule has 0 heterocycles. The van der Waals surface area contributed by atoms with Gasteiger partial charge in [-0.1, -0.05) is 18.3 Å². The van der Waals surface area contributed by atoms with Gasteiger partial charge in [-0.2, -0.15) is 13.2 Å². The second-order valence-corrected chi connectivity index (χ2v) is 3.17. The van der Waals surface area contributed by atoms with Crippen LogP contribution in [-0.4, -0.2) is 5.37 Å². The number of rotatable bonds is 2. The van der Waals surface area contributed by atoms with Gasteiger partial charge in [0.2, 0.25) is 0 Å². The molecule has 0 radical (unpaired) electrons. The lowest BCUT2D eigenvalue weighted by atomic mass is 10.1. The highest BCUT2D eigenvalue weighted by Crippen LogP contribution is 2.32. The number of benzene rings is 1. The molecule has 1 aromatic carbocycles. The van der Waals surface area contributed by atoms with E-state index < -0.39 is 23.6 Å². The van der Waals surface area contributed by atoms with Crippen LogP contribution in [0.4, 0.5) is 17.6 Å². The molecular formula is C9H7F4NS. The van der Waals surface area contributed by atoms with E-state index in [0.29, 0.717) is 6.07 Å². The molecule has 1 rings (SSSR count). The van der Waals surface area contributed by atoms with Crippen LogP contribution in [0.1, 0.15) is 17.2 Å². The molecule has 0 aromatic heterocycles. The molecule has 0 saturated heterocycles. The summed E-state index contributed by atoms with van der Waals surface area (Å²) in [6.07, 6.45) is -4.72. The van der Waals surface area contributed by atoms with Crippen molar-refractivity contribution in [3.05, 3.63) is 35.1 Å². The SMILES string of the molecule is NC(C=S)c1ccc(F)c(C(F)(F)F)c1. The Hall–Kier alpha value is -1.01. The molecule has 0 aliphatic carbocycles. The smallest absolute Gasteiger partial charge is 0.320 e. The van der Waals surface area contributed by atoms with Crippen LogP contribution in [0, 0.1) is 5.82 Å². The maximum Gasteiger partial charge on any atom is 0.419 e. The highest BCUT2D eigenvalue weighted by Gasteiger charge is 2.34. The van der Waals surface area contributed by atoms with Gasteiger partial charge in [0.15, 0.2) is 0 Å². The van der Waals surface area contributed by atoms with Gasteiger partial charge < -0.3 is 5.73 Å². The molecule has 15 heavy (non-hydrogen) atoms. The monoisotopic (exact) mass is 237 g/mol. The molecule has 0 aliphatic heterocycles. The van der Waals surface area contributed by atoms with E-state index in [2.05, 4.69) is 12.2 Å². The van der Waals surface area contributed by atoms with Crippen LogP contribution in [0.15, 0.2) is 18.2 Å². The summed E-state index contributed by atoms with van der Waals surface area (Å²) in [5, 5.41) is 1.12. The Morgan fingerprint density at radius 2 is 1.93 bits per heavy atom. The van der Waals surface area contributed by atoms with E-state index in [1.807, 2.05) is 0 Å². The van der Waals surface area contributed by atoms with E-state index in [9.17, 15) is 17.6 Å². The van der Waals surface area contributed by atoms with Crippen molar-refractivity contribution in [1.29, 1.82) is 0 Å². The maximum absolute atomic E-state index is 12.8. The minimum atomic E-state index is -4.72. The van der Waals surface area contributed by atoms with Crippen molar-refractivity contribution in [2.45, 2.75) is 12.2 Å². The molecule has 0 aliphatic rings. The predicted molar refractivity (Wildman–Crippen MR) is 52.0 cm³/mol. The Morgan fingerprint density at radius 3 is 2.40 bits per heavy atom. The van der Waals surface area contributed by atoms with Crippen LogP contribution in [-0.2, 0) is 6.18 Å². The molecular weight excluding hydrogens is 230 g/mol. The van der Waals surface area contributed by atoms with Gasteiger partial charge in [0.1, 0.15) is 5.82 Å². The van der Waals surface area contributed by atoms with Crippen molar-refractivity contribution in [1.82, 2.24) is 0 Å². The van der Waals surface area contributed by atoms with E-state index in [-0.39, 0.29) is 5.56 Å². The van der Waals surface area contributed by atoms with Crippen molar-refractivity contribution in [2.24, 2.45) is 5.73 Å². The Bertz CT molecular complexity index is 375. The van der Waals surface area contributed by atoms with Gasteiger partial charge >= 0.3 is 6.18 Å². The second-order valence-electron chi connectivity index (χ2n) is 2.90. The fourth-order valence-electron chi connectivity index (χ4n) is 1.05. The van der Waals surface area contributed by atoms with E-state index >= 15 is 0 Å². The molecule has 1 atom stereocenters. The van der Waals surface area contributed by atoms with Crippen molar-refractivity contribution in [3.63, 3.8) is 0 Å². The van der Waals surface area contributed by atoms with Gasteiger partial charge in [0.25, 0.3) is 0 Å². The summed E-state index contributed by atoms with van der Waals surface area (Å²) in [5.74, 6) is -1.32. The zero-order valence-corrected chi connectivity index (χ0v) is 8.20. The molecule has 6 heteroatoms. The van der Waals surface area contributed by atoms with E-state index in [1.54, 1.807) is 0 Å². The van der Waals surface area contributed by atoms with Crippen LogP contribution in [0.25, 0.3) is 0 Å². The number of nitrogens with two attached hydrogens (primary N) is 1. The minimum absolute atomic E-state index is 0.138. The first-order chi connectivity index (χ1) is 6.86. The third-order valence-electron chi connectivity index (χ3n) is 1.83. The number of hydrogen-bond donors (Lipinski definition) is 1. The van der Waals surface area contributed by atoms with Crippen LogP contribution in [0.2, 0.25) is 0 Å². The molecule has 2 N–H and O–H groups in total. The third kappa shape index (κ3) is 2.73. The summed E-state index contributed by atoms with van der Waals surface area (Å²) >= 11 is 4.50. The fraction of sp³-hybridized carbons (Fsp3) is 0.222. The van der Waals surface area contributed by atoms with Crippen molar-refractivity contribution in [2.75, 3.05) is 0 Å². The molecule has 0 spiro atoms. The molecule has 82 valence electrons. The zero-order valence-electron chi connectivity index (χ0n) is 7.38. The third-order valence-corrected chi connectivity index (χ3v) is 2.12. The summed E-state index contributed by atoms with van der Waals surface area (Å²) in [7, 11) is 0. The molecule has 1 unspecified atom stereocenters. The summed E-state index contributed by atoms with van der Waals surface area (Å²) in [4.78, 5) is 0. The summed E-state index contributed by atoms with van der Waals surface area (Å²) in [6, 6.07) is 1.78. The van der Waals surface area contributed by atoms with Gasteiger partial charge in [-0.3, -0.25) is 0 Å². The highest BCUT2D eigenvalue weighted by atomic mass is 32.1. The van der Waals surface area contributed by atoms with Crippen molar-refractivity contribution in [3.8, 4) is 0 Å². The van der Waals surface area contributed by atoms with Crippen LogP contribution < -0.4 is 5.73 Å². The zero-order chi connectivity index (χ0) is 11.6. The van der Waals surface area contributed by atoms with Crippen molar-refractivity contribution < 1.29 is 17.6 Å². The van der Waals surface area contributed by atoms with E-state index in [1.165, 1.54) is 6.07 Å². The Morgan fingerprint density at radius 1 is 1.33 bits per heavy atom. The number of thiocarbonyl (C=S) groups is 1. The Balaban J connectivity index is 3.22. The van der Waals surface area contributed by atoms with Crippen molar-refractivity contribution >= 4 is 17.6 Å². The van der Waals surface area contributed by atoms with Crippen LogP contribution >= 0.6 is 12.2 Å². The highest BCUT2D eigenvalue weighted by molar-refractivity contribution is 7.79. The predicted octanol–water partition coefficient (Wildman–Crippen LogP) is 2.84. The Kier molecular flexibility index (Phi) is 3.41. The van der Waals surface area contributed by atoms with Gasteiger partial charge in [-0.15, -0.1) is 0 Å². The fourth-order valence-corrected chi connectivity index (χ4v) is 1.20. The first-order valence-electron chi connectivity index (χ1n) is 3.94. The Labute approximate surface area is 88.9 Å². The molecule has 1 nitrogen and oxygen atoms in total.